The normalized spacial score (nSPS) is 16.6. The number of aliphatic imine (C=N–C) groups is 1. The van der Waals surface area contributed by atoms with Gasteiger partial charge in [0.1, 0.15) is 5.60 Å². The summed E-state index contributed by atoms with van der Waals surface area (Å²) in [6.07, 6.45) is 2.65. The third kappa shape index (κ3) is 7.56. The molecule has 1 aliphatic heterocycles. The fourth-order valence-corrected chi connectivity index (χ4v) is 3.62. The molecule has 0 aromatic heterocycles. The maximum atomic E-state index is 10.8. The summed E-state index contributed by atoms with van der Waals surface area (Å²) in [5.41, 5.74) is 2.47. The van der Waals surface area contributed by atoms with Crippen molar-refractivity contribution in [3.05, 3.63) is 71.3 Å². The smallest absolute Gasteiger partial charge is 0.191 e. The SMILES string of the molecule is CCNC(=NCc1ccc(CN2CCCC2)cc1)NCC(C)(O)c1ccccc1.I. The molecule has 30 heavy (non-hydrogen) atoms. The van der Waals surface area contributed by atoms with E-state index in [1.54, 1.807) is 0 Å². The van der Waals surface area contributed by atoms with Gasteiger partial charge in [0.2, 0.25) is 0 Å². The van der Waals surface area contributed by atoms with E-state index in [0.717, 1.165) is 18.7 Å². The minimum absolute atomic E-state index is 0. The summed E-state index contributed by atoms with van der Waals surface area (Å²) in [7, 11) is 0. The minimum Gasteiger partial charge on any atom is -0.384 e. The molecule has 1 aliphatic rings. The Bertz CT molecular complexity index is 772. The maximum absolute atomic E-state index is 10.8. The molecule has 1 heterocycles. The van der Waals surface area contributed by atoms with Crippen LogP contribution in [0, 0.1) is 0 Å². The van der Waals surface area contributed by atoms with Gasteiger partial charge in [0.25, 0.3) is 0 Å². The number of hydrogen-bond donors (Lipinski definition) is 3. The molecule has 0 aliphatic carbocycles. The lowest BCUT2D eigenvalue weighted by atomic mass is 9.96. The van der Waals surface area contributed by atoms with Gasteiger partial charge in [-0.25, -0.2) is 4.99 Å². The van der Waals surface area contributed by atoms with E-state index in [1.807, 2.05) is 44.2 Å². The van der Waals surface area contributed by atoms with E-state index in [1.165, 1.54) is 37.1 Å². The van der Waals surface area contributed by atoms with Gasteiger partial charge in [0, 0.05) is 13.1 Å². The first kappa shape index (κ1) is 24.6. The van der Waals surface area contributed by atoms with Crippen LogP contribution in [0.4, 0.5) is 0 Å². The molecule has 2 aromatic rings. The highest BCUT2D eigenvalue weighted by molar-refractivity contribution is 14.0. The van der Waals surface area contributed by atoms with E-state index >= 15 is 0 Å². The lowest BCUT2D eigenvalue weighted by Crippen LogP contribution is -2.44. The molecule has 1 unspecified atom stereocenters. The van der Waals surface area contributed by atoms with Crippen molar-refractivity contribution >= 4 is 29.9 Å². The van der Waals surface area contributed by atoms with Crippen LogP contribution in [0.3, 0.4) is 0 Å². The molecular formula is C24H35IN4O. The number of benzene rings is 2. The van der Waals surface area contributed by atoms with Crippen LogP contribution in [0.25, 0.3) is 0 Å². The average Bonchev–Trinajstić information content (AvgIpc) is 3.25. The molecule has 164 valence electrons. The van der Waals surface area contributed by atoms with Crippen LogP contribution in [-0.4, -0.2) is 42.1 Å². The van der Waals surface area contributed by atoms with Gasteiger partial charge in [0.05, 0.1) is 13.1 Å². The lowest BCUT2D eigenvalue weighted by molar-refractivity contribution is 0.0617. The van der Waals surface area contributed by atoms with E-state index in [2.05, 4.69) is 44.8 Å². The van der Waals surface area contributed by atoms with Crippen LogP contribution in [0.1, 0.15) is 43.4 Å². The number of hydrogen-bond acceptors (Lipinski definition) is 3. The Kier molecular flexibility index (Phi) is 10.1. The van der Waals surface area contributed by atoms with Crippen LogP contribution in [-0.2, 0) is 18.7 Å². The number of halogens is 1. The molecule has 0 amide bonds. The minimum atomic E-state index is -0.964. The van der Waals surface area contributed by atoms with Crippen LogP contribution >= 0.6 is 24.0 Å². The van der Waals surface area contributed by atoms with Crippen LogP contribution in [0.5, 0.6) is 0 Å². The Hall–Kier alpha value is -1.64. The molecule has 0 radical (unpaired) electrons. The molecular weight excluding hydrogens is 487 g/mol. The molecule has 1 fully saturated rings. The van der Waals surface area contributed by atoms with Gasteiger partial charge in [-0.15, -0.1) is 24.0 Å². The Balaban J connectivity index is 0.00000320. The second-order valence-corrected chi connectivity index (χ2v) is 7.99. The molecule has 2 aromatic carbocycles. The fraction of sp³-hybridized carbons (Fsp3) is 0.458. The number of guanidine groups is 1. The number of nitrogens with one attached hydrogen (secondary N) is 2. The highest BCUT2D eigenvalue weighted by Crippen LogP contribution is 2.19. The number of nitrogens with zero attached hydrogens (tertiary/aromatic N) is 2. The van der Waals surface area contributed by atoms with Gasteiger partial charge in [-0.3, -0.25) is 4.90 Å². The van der Waals surface area contributed by atoms with Crippen molar-refractivity contribution in [2.75, 3.05) is 26.2 Å². The molecule has 5 nitrogen and oxygen atoms in total. The van der Waals surface area contributed by atoms with Gasteiger partial charge < -0.3 is 15.7 Å². The van der Waals surface area contributed by atoms with Gasteiger partial charge >= 0.3 is 0 Å². The van der Waals surface area contributed by atoms with Crippen molar-refractivity contribution in [1.29, 1.82) is 0 Å². The van der Waals surface area contributed by atoms with E-state index in [-0.39, 0.29) is 24.0 Å². The second-order valence-electron chi connectivity index (χ2n) is 7.99. The summed E-state index contributed by atoms with van der Waals surface area (Å²) in [6.45, 7) is 9.10. The molecule has 1 saturated heterocycles. The Morgan fingerprint density at radius 3 is 2.27 bits per heavy atom. The van der Waals surface area contributed by atoms with Gasteiger partial charge in [-0.2, -0.15) is 0 Å². The summed E-state index contributed by atoms with van der Waals surface area (Å²) in [6, 6.07) is 18.5. The van der Waals surface area contributed by atoms with Crippen molar-refractivity contribution in [3.8, 4) is 0 Å². The van der Waals surface area contributed by atoms with Crippen LogP contribution < -0.4 is 10.6 Å². The standard InChI is InChI=1S/C24H34N4O.HI/c1-3-25-23(27-19-24(2,29)22-9-5-4-6-10-22)26-17-20-11-13-21(14-12-20)18-28-15-7-8-16-28;/h4-6,9-14,29H,3,7-8,15-19H2,1-2H3,(H2,25,26,27);1H. The number of aliphatic hydroxyl groups is 1. The highest BCUT2D eigenvalue weighted by Gasteiger charge is 2.22. The monoisotopic (exact) mass is 522 g/mol. The van der Waals surface area contributed by atoms with Crippen molar-refractivity contribution in [1.82, 2.24) is 15.5 Å². The van der Waals surface area contributed by atoms with Gasteiger partial charge in [-0.1, -0.05) is 54.6 Å². The maximum Gasteiger partial charge on any atom is 0.191 e. The second kappa shape index (κ2) is 12.3. The van der Waals surface area contributed by atoms with Crippen molar-refractivity contribution in [3.63, 3.8) is 0 Å². The van der Waals surface area contributed by atoms with E-state index < -0.39 is 5.60 Å². The molecule has 6 heteroatoms. The number of rotatable bonds is 8. The quantitative estimate of drug-likeness (QED) is 0.280. The van der Waals surface area contributed by atoms with Crippen LogP contribution in [0.15, 0.2) is 59.6 Å². The van der Waals surface area contributed by atoms with E-state index in [9.17, 15) is 5.11 Å². The molecule has 0 spiro atoms. The van der Waals surface area contributed by atoms with E-state index in [4.69, 9.17) is 0 Å². The zero-order valence-corrected chi connectivity index (χ0v) is 20.4. The number of likely N-dealkylation sites (tertiary alicyclic amines) is 1. The first-order valence-corrected chi connectivity index (χ1v) is 10.7. The lowest BCUT2D eigenvalue weighted by Gasteiger charge is -2.25. The molecule has 1 atom stereocenters. The average molecular weight is 522 g/mol. The summed E-state index contributed by atoms with van der Waals surface area (Å²) < 4.78 is 0. The van der Waals surface area contributed by atoms with Crippen LogP contribution in [0.2, 0.25) is 0 Å². The highest BCUT2D eigenvalue weighted by atomic mass is 127. The first-order chi connectivity index (χ1) is 14.1. The first-order valence-electron chi connectivity index (χ1n) is 10.7. The third-order valence-corrected chi connectivity index (χ3v) is 5.39. The van der Waals surface area contributed by atoms with Gasteiger partial charge in [-0.05, 0) is 56.5 Å². The predicted molar refractivity (Wildman–Crippen MR) is 135 cm³/mol. The predicted octanol–water partition coefficient (Wildman–Crippen LogP) is 3.86. The Labute approximate surface area is 198 Å². The van der Waals surface area contributed by atoms with E-state index in [0.29, 0.717) is 19.0 Å². The van der Waals surface area contributed by atoms with Crippen molar-refractivity contribution in [2.24, 2.45) is 4.99 Å². The molecule has 0 saturated carbocycles. The topological polar surface area (TPSA) is 59.9 Å². The fourth-order valence-electron chi connectivity index (χ4n) is 3.62. The molecule has 3 N–H and O–H groups in total. The van der Waals surface area contributed by atoms with Gasteiger partial charge in [0.15, 0.2) is 5.96 Å². The summed E-state index contributed by atoms with van der Waals surface area (Å²) in [5, 5.41) is 17.3. The third-order valence-electron chi connectivity index (χ3n) is 5.39. The van der Waals surface area contributed by atoms with Crippen molar-refractivity contribution in [2.45, 2.75) is 45.4 Å². The Morgan fingerprint density at radius 1 is 1.00 bits per heavy atom. The summed E-state index contributed by atoms with van der Waals surface area (Å²) >= 11 is 0. The zero-order chi connectivity index (χ0) is 20.5. The molecule has 3 rings (SSSR count). The largest absolute Gasteiger partial charge is 0.384 e. The Morgan fingerprint density at radius 2 is 1.63 bits per heavy atom. The zero-order valence-electron chi connectivity index (χ0n) is 18.1. The molecule has 0 bridgehead atoms. The summed E-state index contributed by atoms with van der Waals surface area (Å²) in [5.74, 6) is 0.713. The summed E-state index contributed by atoms with van der Waals surface area (Å²) in [4.78, 5) is 7.20. The van der Waals surface area contributed by atoms with Crippen molar-refractivity contribution < 1.29 is 5.11 Å².